The Labute approximate surface area is 101 Å². The Morgan fingerprint density at radius 3 is 2.59 bits per heavy atom. The van der Waals surface area contributed by atoms with E-state index in [1.807, 2.05) is 6.92 Å². The summed E-state index contributed by atoms with van der Waals surface area (Å²) in [7, 11) is 0. The van der Waals surface area contributed by atoms with Gasteiger partial charge in [-0.05, 0) is 19.3 Å². The summed E-state index contributed by atoms with van der Waals surface area (Å²) in [4.78, 5) is 23.8. The Morgan fingerprint density at radius 1 is 1.29 bits per heavy atom. The van der Waals surface area contributed by atoms with Gasteiger partial charge in [0.1, 0.15) is 0 Å². The molecule has 1 fully saturated rings. The molecule has 0 aromatic carbocycles. The number of rotatable bonds is 5. The van der Waals surface area contributed by atoms with Gasteiger partial charge in [-0.1, -0.05) is 19.8 Å². The summed E-state index contributed by atoms with van der Waals surface area (Å²) in [5.41, 5.74) is -0.0572. The summed E-state index contributed by atoms with van der Waals surface area (Å²) in [6.07, 6.45) is 8.75. The fourth-order valence-corrected chi connectivity index (χ4v) is 2.53. The second kappa shape index (κ2) is 5.34. The van der Waals surface area contributed by atoms with Crippen LogP contribution in [0.5, 0.6) is 0 Å². The second-order valence-electron chi connectivity index (χ2n) is 4.85. The highest BCUT2D eigenvalue weighted by atomic mass is 16.2. The SMILES string of the molecule is CCCn1ccn(CC(=O)C2CCCC2)c1=O. The van der Waals surface area contributed by atoms with Gasteiger partial charge in [0.15, 0.2) is 5.78 Å². The molecule has 0 spiro atoms. The first kappa shape index (κ1) is 12.1. The number of aromatic nitrogens is 2. The molecule has 1 aliphatic carbocycles. The van der Waals surface area contributed by atoms with Crippen LogP contribution >= 0.6 is 0 Å². The van der Waals surface area contributed by atoms with Gasteiger partial charge >= 0.3 is 5.69 Å². The van der Waals surface area contributed by atoms with E-state index in [0.29, 0.717) is 0 Å². The van der Waals surface area contributed by atoms with Crippen LogP contribution in [0.3, 0.4) is 0 Å². The van der Waals surface area contributed by atoms with E-state index in [4.69, 9.17) is 0 Å². The quantitative estimate of drug-likeness (QED) is 0.782. The fraction of sp³-hybridized carbons (Fsp3) is 0.692. The second-order valence-corrected chi connectivity index (χ2v) is 4.85. The van der Waals surface area contributed by atoms with E-state index in [1.165, 1.54) is 4.57 Å². The Morgan fingerprint density at radius 2 is 1.94 bits per heavy atom. The zero-order chi connectivity index (χ0) is 12.3. The van der Waals surface area contributed by atoms with Crippen molar-refractivity contribution >= 4 is 5.78 Å². The third-order valence-corrected chi connectivity index (χ3v) is 3.52. The number of aryl methyl sites for hydroxylation is 1. The zero-order valence-electron chi connectivity index (χ0n) is 10.4. The van der Waals surface area contributed by atoms with E-state index >= 15 is 0 Å². The number of ketones is 1. The van der Waals surface area contributed by atoms with Crippen molar-refractivity contribution in [2.45, 2.75) is 52.1 Å². The first-order valence-electron chi connectivity index (χ1n) is 6.50. The average Bonchev–Trinajstić information content (AvgIpc) is 2.94. The Hall–Kier alpha value is -1.32. The minimum Gasteiger partial charge on any atom is -0.299 e. The van der Waals surface area contributed by atoms with Gasteiger partial charge < -0.3 is 0 Å². The molecule has 0 amide bonds. The minimum absolute atomic E-state index is 0.0572. The molecule has 1 aromatic rings. The molecule has 0 radical (unpaired) electrons. The van der Waals surface area contributed by atoms with Crippen molar-refractivity contribution in [1.29, 1.82) is 0 Å². The van der Waals surface area contributed by atoms with Crippen molar-refractivity contribution < 1.29 is 4.79 Å². The maximum atomic E-state index is 12.0. The lowest BCUT2D eigenvalue weighted by molar-refractivity contribution is -0.123. The highest BCUT2D eigenvalue weighted by molar-refractivity contribution is 5.81. The van der Waals surface area contributed by atoms with Crippen molar-refractivity contribution in [3.05, 3.63) is 22.9 Å². The number of hydrogen-bond donors (Lipinski definition) is 0. The van der Waals surface area contributed by atoms with Crippen molar-refractivity contribution in [3.8, 4) is 0 Å². The van der Waals surface area contributed by atoms with Gasteiger partial charge in [0.25, 0.3) is 0 Å². The summed E-state index contributed by atoms with van der Waals surface area (Å²) in [5.74, 6) is 0.412. The molecule has 1 saturated carbocycles. The summed E-state index contributed by atoms with van der Waals surface area (Å²) in [6.45, 7) is 3.01. The molecule has 1 aromatic heterocycles. The van der Waals surface area contributed by atoms with Gasteiger partial charge in [0.2, 0.25) is 0 Å². The number of carbonyl (C=O) groups is 1. The molecule has 94 valence electrons. The van der Waals surface area contributed by atoms with Crippen LogP contribution < -0.4 is 5.69 Å². The van der Waals surface area contributed by atoms with Gasteiger partial charge in [-0.25, -0.2) is 4.79 Å². The molecule has 2 rings (SSSR count). The summed E-state index contributed by atoms with van der Waals surface area (Å²) < 4.78 is 3.21. The van der Waals surface area contributed by atoms with E-state index in [9.17, 15) is 9.59 Å². The van der Waals surface area contributed by atoms with Crippen LogP contribution in [-0.4, -0.2) is 14.9 Å². The first-order valence-corrected chi connectivity index (χ1v) is 6.50. The van der Waals surface area contributed by atoms with Gasteiger partial charge in [-0.2, -0.15) is 0 Å². The minimum atomic E-state index is -0.0572. The molecule has 17 heavy (non-hydrogen) atoms. The molecular formula is C13H20N2O2. The molecule has 4 heteroatoms. The number of Topliss-reactive ketones (excluding diaryl/α,β-unsaturated/α-hetero) is 1. The molecule has 0 atom stereocenters. The number of hydrogen-bond acceptors (Lipinski definition) is 2. The van der Waals surface area contributed by atoms with Crippen molar-refractivity contribution in [2.75, 3.05) is 0 Å². The Balaban J connectivity index is 2.03. The lowest BCUT2D eigenvalue weighted by Crippen LogP contribution is -2.28. The Kier molecular flexibility index (Phi) is 3.82. The highest BCUT2D eigenvalue weighted by Crippen LogP contribution is 2.25. The lowest BCUT2D eigenvalue weighted by Gasteiger charge is -2.07. The van der Waals surface area contributed by atoms with Gasteiger partial charge in [0.05, 0.1) is 6.54 Å². The number of carbonyl (C=O) groups excluding carboxylic acids is 1. The van der Waals surface area contributed by atoms with E-state index in [1.54, 1.807) is 17.0 Å². The lowest BCUT2D eigenvalue weighted by atomic mass is 10.0. The van der Waals surface area contributed by atoms with Crippen LogP contribution in [0.4, 0.5) is 0 Å². The largest absolute Gasteiger partial charge is 0.328 e. The van der Waals surface area contributed by atoms with Gasteiger partial charge in [-0.15, -0.1) is 0 Å². The standard InChI is InChI=1S/C13H20N2O2/c1-2-7-14-8-9-15(13(14)17)10-12(16)11-5-3-4-6-11/h8-9,11H,2-7,10H2,1H3. The van der Waals surface area contributed by atoms with E-state index in [0.717, 1.165) is 38.6 Å². The molecule has 0 aliphatic heterocycles. The van der Waals surface area contributed by atoms with Crippen LogP contribution in [-0.2, 0) is 17.9 Å². The van der Waals surface area contributed by atoms with Crippen LogP contribution in [0.15, 0.2) is 17.2 Å². The van der Waals surface area contributed by atoms with Gasteiger partial charge in [0, 0.05) is 24.9 Å². The van der Waals surface area contributed by atoms with E-state index in [2.05, 4.69) is 0 Å². The maximum Gasteiger partial charge on any atom is 0.328 e. The summed E-state index contributed by atoms with van der Waals surface area (Å²) in [6, 6.07) is 0. The average molecular weight is 236 g/mol. The van der Waals surface area contributed by atoms with Crippen LogP contribution in [0.2, 0.25) is 0 Å². The molecule has 0 saturated heterocycles. The summed E-state index contributed by atoms with van der Waals surface area (Å²) >= 11 is 0. The zero-order valence-corrected chi connectivity index (χ0v) is 10.4. The monoisotopic (exact) mass is 236 g/mol. The predicted molar refractivity (Wildman–Crippen MR) is 65.9 cm³/mol. The highest BCUT2D eigenvalue weighted by Gasteiger charge is 2.23. The molecule has 0 bridgehead atoms. The number of imidazole rings is 1. The van der Waals surface area contributed by atoms with E-state index in [-0.39, 0.29) is 23.9 Å². The molecule has 1 heterocycles. The Bertz CT molecular complexity index is 439. The third-order valence-electron chi connectivity index (χ3n) is 3.52. The summed E-state index contributed by atoms with van der Waals surface area (Å²) in [5, 5.41) is 0. The third kappa shape index (κ3) is 2.68. The fourth-order valence-electron chi connectivity index (χ4n) is 2.53. The normalized spacial score (nSPS) is 16.5. The van der Waals surface area contributed by atoms with Crippen LogP contribution in [0, 0.1) is 5.92 Å². The number of nitrogens with zero attached hydrogens (tertiary/aromatic N) is 2. The molecule has 4 nitrogen and oxygen atoms in total. The molecule has 0 N–H and O–H groups in total. The van der Waals surface area contributed by atoms with Crippen molar-refractivity contribution in [1.82, 2.24) is 9.13 Å². The van der Waals surface area contributed by atoms with Crippen LogP contribution in [0.1, 0.15) is 39.0 Å². The topological polar surface area (TPSA) is 44.0 Å². The maximum absolute atomic E-state index is 12.0. The van der Waals surface area contributed by atoms with E-state index < -0.39 is 0 Å². The first-order chi connectivity index (χ1) is 8.22. The molecular weight excluding hydrogens is 216 g/mol. The van der Waals surface area contributed by atoms with Gasteiger partial charge in [-0.3, -0.25) is 13.9 Å². The molecule has 0 unspecified atom stereocenters. The van der Waals surface area contributed by atoms with Crippen molar-refractivity contribution in [2.24, 2.45) is 5.92 Å². The van der Waals surface area contributed by atoms with Crippen molar-refractivity contribution in [3.63, 3.8) is 0 Å². The van der Waals surface area contributed by atoms with Crippen LogP contribution in [0.25, 0.3) is 0 Å². The smallest absolute Gasteiger partial charge is 0.299 e. The molecule has 1 aliphatic rings. The predicted octanol–water partition coefficient (Wildman–Crippen LogP) is 1.82.